The van der Waals surface area contributed by atoms with Gasteiger partial charge in [0.2, 0.25) is 0 Å². The van der Waals surface area contributed by atoms with E-state index in [4.69, 9.17) is 14.2 Å². The summed E-state index contributed by atoms with van der Waals surface area (Å²) >= 11 is 0. The predicted molar refractivity (Wildman–Crippen MR) is 88.0 cm³/mol. The Kier molecular flexibility index (Phi) is 5.88. The third kappa shape index (κ3) is 5.32. The van der Waals surface area contributed by atoms with Crippen LogP contribution in [0.15, 0.2) is 18.2 Å². The number of carbonyl (C=O) groups is 1. The van der Waals surface area contributed by atoms with Crippen molar-refractivity contribution >= 4 is 6.09 Å². The fourth-order valence-electron chi connectivity index (χ4n) is 2.07. The lowest BCUT2D eigenvalue weighted by Gasteiger charge is -2.33. The van der Waals surface area contributed by atoms with Crippen molar-refractivity contribution in [3.8, 4) is 11.5 Å². The van der Waals surface area contributed by atoms with E-state index < -0.39 is 23.3 Å². The van der Waals surface area contributed by atoms with Gasteiger partial charge in [-0.15, -0.1) is 0 Å². The lowest BCUT2D eigenvalue weighted by atomic mass is 9.91. The highest BCUT2D eigenvalue weighted by Crippen LogP contribution is 2.33. The number of ether oxygens (including phenoxy) is 3. The van der Waals surface area contributed by atoms with Crippen molar-refractivity contribution in [2.24, 2.45) is 0 Å². The standard InChI is InChI=1S/C17H27NO5/c1-16(2,3)23-15(20)18-17(4,5)14(19)11-8-9-12(21-6)13(10-11)22-7/h8-10,14,19H,1-7H3,(H,18,20). The summed E-state index contributed by atoms with van der Waals surface area (Å²) < 4.78 is 15.7. The van der Waals surface area contributed by atoms with Crippen molar-refractivity contribution in [3.63, 3.8) is 0 Å². The molecule has 0 spiro atoms. The predicted octanol–water partition coefficient (Wildman–Crippen LogP) is 3.04. The Labute approximate surface area is 137 Å². The van der Waals surface area contributed by atoms with Crippen LogP contribution in [0.2, 0.25) is 0 Å². The summed E-state index contributed by atoms with van der Waals surface area (Å²) in [5, 5.41) is 13.3. The van der Waals surface area contributed by atoms with Crippen LogP contribution in [-0.4, -0.2) is 36.6 Å². The minimum atomic E-state index is -0.949. The SMILES string of the molecule is COc1ccc(C(O)C(C)(C)NC(=O)OC(C)(C)C)cc1OC. The van der Waals surface area contributed by atoms with Gasteiger partial charge in [-0.05, 0) is 52.3 Å². The van der Waals surface area contributed by atoms with Gasteiger partial charge < -0.3 is 24.6 Å². The lowest BCUT2D eigenvalue weighted by Crippen LogP contribution is -2.49. The number of rotatable bonds is 5. The molecule has 1 unspecified atom stereocenters. The molecule has 1 amide bonds. The van der Waals surface area contributed by atoms with E-state index in [9.17, 15) is 9.90 Å². The number of alkyl carbamates (subject to hydrolysis) is 1. The van der Waals surface area contributed by atoms with Crippen LogP contribution < -0.4 is 14.8 Å². The number of carbonyl (C=O) groups excluding carboxylic acids is 1. The Morgan fingerprint density at radius 3 is 2.13 bits per heavy atom. The molecule has 0 aliphatic rings. The Hall–Kier alpha value is -1.95. The largest absolute Gasteiger partial charge is 0.493 e. The van der Waals surface area contributed by atoms with E-state index >= 15 is 0 Å². The van der Waals surface area contributed by atoms with Crippen LogP contribution in [-0.2, 0) is 4.74 Å². The Bertz CT molecular complexity index is 548. The summed E-state index contributed by atoms with van der Waals surface area (Å²) in [7, 11) is 3.07. The molecule has 0 aliphatic carbocycles. The molecule has 1 aromatic carbocycles. The molecule has 0 radical (unpaired) electrons. The quantitative estimate of drug-likeness (QED) is 0.870. The smallest absolute Gasteiger partial charge is 0.408 e. The Morgan fingerprint density at radius 1 is 1.09 bits per heavy atom. The minimum absolute atomic E-state index is 0.511. The van der Waals surface area contributed by atoms with Gasteiger partial charge in [0.05, 0.1) is 19.8 Å². The van der Waals surface area contributed by atoms with E-state index in [0.29, 0.717) is 17.1 Å². The van der Waals surface area contributed by atoms with Gasteiger partial charge in [0.25, 0.3) is 0 Å². The summed E-state index contributed by atoms with van der Waals surface area (Å²) in [4.78, 5) is 11.9. The zero-order chi connectivity index (χ0) is 17.8. The number of hydrogen-bond acceptors (Lipinski definition) is 5. The van der Waals surface area contributed by atoms with Crippen LogP contribution in [0, 0.1) is 0 Å². The maximum atomic E-state index is 11.9. The molecule has 1 atom stereocenters. The lowest BCUT2D eigenvalue weighted by molar-refractivity contribution is 0.0291. The number of methoxy groups -OCH3 is 2. The van der Waals surface area contributed by atoms with Gasteiger partial charge in [0.15, 0.2) is 11.5 Å². The van der Waals surface area contributed by atoms with Crippen LogP contribution in [0.3, 0.4) is 0 Å². The molecule has 6 nitrogen and oxygen atoms in total. The molecule has 0 aromatic heterocycles. The number of benzene rings is 1. The first-order valence-electron chi connectivity index (χ1n) is 7.41. The fraction of sp³-hybridized carbons (Fsp3) is 0.588. The molecule has 1 rings (SSSR count). The van der Waals surface area contributed by atoms with Crippen LogP contribution in [0.1, 0.15) is 46.3 Å². The molecule has 23 heavy (non-hydrogen) atoms. The second-order valence-electron chi connectivity index (χ2n) is 6.87. The zero-order valence-electron chi connectivity index (χ0n) is 14.9. The van der Waals surface area contributed by atoms with Gasteiger partial charge in [-0.2, -0.15) is 0 Å². The highest BCUT2D eigenvalue weighted by Gasteiger charge is 2.33. The number of amides is 1. The molecule has 0 saturated carbocycles. The molecule has 6 heteroatoms. The van der Waals surface area contributed by atoms with Crippen molar-refractivity contribution < 1.29 is 24.1 Å². The van der Waals surface area contributed by atoms with Crippen molar-refractivity contribution in [1.29, 1.82) is 0 Å². The van der Waals surface area contributed by atoms with Gasteiger partial charge in [0.1, 0.15) is 11.7 Å². The monoisotopic (exact) mass is 325 g/mol. The number of aliphatic hydroxyl groups excluding tert-OH is 1. The van der Waals surface area contributed by atoms with E-state index in [1.807, 2.05) is 0 Å². The second kappa shape index (κ2) is 7.08. The molecular formula is C17H27NO5. The van der Waals surface area contributed by atoms with Crippen molar-refractivity contribution in [3.05, 3.63) is 23.8 Å². The summed E-state index contributed by atoms with van der Waals surface area (Å²) in [5.41, 5.74) is -0.931. The number of hydrogen-bond donors (Lipinski definition) is 2. The van der Waals surface area contributed by atoms with Crippen LogP contribution >= 0.6 is 0 Å². The molecule has 0 bridgehead atoms. The van der Waals surface area contributed by atoms with E-state index in [0.717, 1.165) is 0 Å². The fourth-order valence-corrected chi connectivity index (χ4v) is 2.07. The number of nitrogens with one attached hydrogen (secondary N) is 1. The average molecular weight is 325 g/mol. The van der Waals surface area contributed by atoms with E-state index in [1.165, 1.54) is 7.11 Å². The summed E-state index contributed by atoms with van der Waals surface area (Å²) in [6.07, 6.45) is -1.53. The van der Waals surface area contributed by atoms with E-state index in [1.54, 1.807) is 59.9 Å². The van der Waals surface area contributed by atoms with Crippen LogP contribution in [0.5, 0.6) is 11.5 Å². The van der Waals surface area contributed by atoms with Gasteiger partial charge >= 0.3 is 6.09 Å². The molecule has 0 saturated heterocycles. The Balaban J connectivity index is 2.93. The summed E-state index contributed by atoms with van der Waals surface area (Å²) in [5.74, 6) is 1.08. The third-order valence-electron chi connectivity index (χ3n) is 3.23. The van der Waals surface area contributed by atoms with E-state index in [-0.39, 0.29) is 0 Å². The molecular weight excluding hydrogens is 298 g/mol. The van der Waals surface area contributed by atoms with Gasteiger partial charge in [-0.25, -0.2) is 4.79 Å². The molecule has 1 aromatic rings. The van der Waals surface area contributed by atoms with Crippen molar-refractivity contribution in [2.45, 2.75) is 51.9 Å². The van der Waals surface area contributed by atoms with Gasteiger partial charge in [-0.3, -0.25) is 0 Å². The summed E-state index contributed by atoms with van der Waals surface area (Å²) in [6.45, 7) is 8.79. The highest BCUT2D eigenvalue weighted by molar-refractivity contribution is 5.68. The maximum Gasteiger partial charge on any atom is 0.408 e. The minimum Gasteiger partial charge on any atom is -0.493 e. The first-order valence-corrected chi connectivity index (χ1v) is 7.41. The molecule has 0 aliphatic heterocycles. The first-order chi connectivity index (χ1) is 10.5. The third-order valence-corrected chi connectivity index (χ3v) is 3.23. The highest BCUT2D eigenvalue weighted by atomic mass is 16.6. The normalized spacial score (nSPS) is 13.2. The summed E-state index contributed by atoms with van der Waals surface area (Å²) in [6, 6.07) is 5.12. The maximum absolute atomic E-state index is 11.9. The molecule has 0 heterocycles. The molecule has 0 fully saturated rings. The van der Waals surface area contributed by atoms with Crippen LogP contribution in [0.25, 0.3) is 0 Å². The van der Waals surface area contributed by atoms with Gasteiger partial charge in [-0.1, -0.05) is 6.07 Å². The van der Waals surface area contributed by atoms with Crippen LogP contribution in [0.4, 0.5) is 4.79 Å². The van der Waals surface area contributed by atoms with Crippen molar-refractivity contribution in [1.82, 2.24) is 5.32 Å². The Morgan fingerprint density at radius 2 is 1.65 bits per heavy atom. The molecule has 2 N–H and O–H groups in total. The molecule has 130 valence electrons. The van der Waals surface area contributed by atoms with Crippen molar-refractivity contribution in [2.75, 3.05) is 14.2 Å². The average Bonchev–Trinajstić information content (AvgIpc) is 2.42. The van der Waals surface area contributed by atoms with E-state index in [2.05, 4.69) is 5.32 Å². The topological polar surface area (TPSA) is 77.0 Å². The van der Waals surface area contributed by atoms with Gasteiger partial charge in [0, 0.05) is 0 Å². The zero-order valence-corrected chi connectivity index (χ0v) is 14.9. The number of aliphatic hydroxyl groups is 1. The first kappa shape index (κ1) is 19.1. The second-order valence-corrected chi connectivity index (χ2v) is 6.87.